The molecule has 0 saturated heterocycles. The number of carbonyl (C=O) groups excluding carboxylic acids is 1. The topological polar surface area (TPSA) is 113 Å². The molecule has 2 aromatic rings. The summed E-state index contributed by atoms with van der Waals surface area (Å²) in [5.41, 5.74) is 4.64. The molecule has 1 aliphatic heterocycles. The minimum absolute atomic E-state index is 0.0261. The van der Waals surface area contributed by atoms with E-state index in [-0.39, 0.29) is 36.0 Å². The van der Waals surface area contributed by atoms with E-state index in [0.29, 0.717) is 5.56 Å². The molecule has 3 N–H and O–H groups in total. The van der Waals surface area contributed by atoms with Crippen LogP contribution in [0.2, 0.25) is 0 Å². The largest absolute Gasteiger partial charge is 0.465 e. The summed E-state index contributed by atoms with van der Waals surface area (Å²) in [5.74, 6) is -1.22. The second kappa shape index (κ2) is 7.37. The van der Waals surface area contributed by atoms with Gasteiger partial charge in [0.15, 0.2) is 0 Å². The predicted molar refractivity (Wildman–Crippen MR) is 93.1 cm³/mol. The van der Waals surface area contributed by atoms with Crippen LogP contribution >= 0.6 is 0 Å². The van der Waals surface area contributed by atoms with Crippen LogP contribution in [-0.4, -0.2) is 30.2 Å². The SMILES string of the molecule is N#Cc1ccc(C(=O)Nc2ccc(F)c([C@]3(CF)CCOC(N)=N3)c2)nc1. The number of alkyl halides is 1. The van der Waals surface area contributed by atoms with Crippen molar-refractivity contribution in [2.24, 2.45) is 10.7 Å². The number of nitrogens with one attached hydrogen (secondary N) is 1. The Morgan fingerprint density at radius 2 is 2.22 bits per heavy atom. The molecule has 1 aromatic carbocycles. The first-order chi connectivity index (χ1) is 13.0. The summed E-state index contributed by atoms with van der Waals surface area (Å²) in [6, 6.07) is 8.32. The first-order valence-corrected chi connectivity index (χ1v) is 7.99. The van der Waals surface area contributed by atoms with Crippen LogP contribution in [0.25, 0.3) is 0 Å². The van der Waals surface area contributed by atoms with Gasteiger partial charge in [-0.15, -0.1) is 0 Å². The van der Waals surface area contributed by atoms with Gasteiger partial charge in [0.25, 0.3) is 11.9 Å². The van der Waals surface area contributed by atoms with Gasteiger partial charge >= 0.3 is 0 Å². The van der Waals surface area contributed by atoms with Gasteiger partial charge in [-0.1, -0.05) is 0 Å². The van der Waals surface area contributed by atoms with Crippen LogP contribution in [0.3, 0.4) is 0 Å². The lowest BCUT2D eigenvalue weighted by molar-refractivity contribution is 0.102. The Bertz CT molecular complexity index is 940. The number of carbonyl (C=O) groups is 1. The van der Waals surface area contributed by atoms with Crippen molar-refractivity contribution in [3.8, 4) is 6.07 Å². The molecule has 1 amide bonds. The highest BCUT2D eigenvalue weighted by Gasteiger charge is 2.38. The Labute approximate surface area is 153 Å². The highest BCUT2D eigenvalue weighted by atomic mass is 19.1. The highest BCUT2D eigenvalue weighted by molar-refractivity contribution is 6.02. The Kier molecular flexibility index (Phi) is 4.98. The summed E-state index contributed by atoms with van der Waals surface area (Å²) < 4.78 is 33.2. The molecule has 1 aromatic heterocycles. The third-order valence-corrected chi connectivity index (χ3v) is 4.16. The Balaban J connectivity index is 1.90. The average Bonchev–Trinajstić information content (AvgIpc) is 2.69. The standard InChI is InChI=1S/C18H15F2N5O2/c19-10-18(5-6-27-17(22)25-18)13-7-12(2-3-14(13)20)24-16(26)15-4-1-11(8-21)9-23-15/h1-4,7,9H,5-6,10H2,(H2,22,25)(H,24,26)/t18-/m1/s1. The number of anilines is 1. The summed E-state index contributed by atoms with van der Waals surface area (Å²) in [7, 11) is 0. The number of ether oxygens (including phenoxy) is 1. The van der Waals surface area contributed by atoms with Gasteiger partial charge in [-0.2, -0.15) is 5.26 Å². The Hall–Kier alpha value is -3.54. The molecule has 1 atom stereocenters. The number of rotatable bonds is 4. The Morgan fingerprint density at radius 3 is 2.85 bits per heavy atom. The van der Waals surface area contributed by atoms with Crippen molar-refractivity contribution >= 4 is 17.6 Å². The number of aliphatic imine (C=N–C) groups is 1. The van der Waals surface area contributed by atoms with Crippen LogP contribution in [0.1, 0.15) is 28.0 Å². The van der Waals surface area contributed by atoms with E-state index in [4.69, 9.17) is 15.7 Å². The van der Waals surface area contributed by atoms with Crippen molar-refractivity contribution in [2.45, 2.75) is 12.0 Å². The molecule has 0 fully saturated rings. The minimum Gasteiger partial charge on any atom is -0.465 e. The van der Waals surface area contributed by atoms with Crippen LogP contribution in [0, 0.1) is 17.1 Å². The second-order valence-electron chi connectivity index (χ2n) is 5.91. The van der Waals surface area contributed by atoms with Gasteiger partial charge in [0.2, 0.25) is 0 Å². The molecule has 1 aliphatic rings. The number of nitrogens with two attached hydrogens (primary N) is 1. The normalized spacial score (nSPS) is 18.8. The molecule has 0 unspecified atom stereocenters. The lowest BCUT2D eigenvalue weighted by Gasteiger charge is -2.31. The molecule has 9 heteroatoms. The number of benzene rings is 1. The number of halogens is 2. The molecule has 3 rings (SSSR count). The van der Waals surface area contributed by atoms with E-state index in [2.05, 4.69) is 15.3 Å². The predicted octanol–water partition coefficient (Wildman–Crippen LogP) is 2.24. The fourth-order valence-corrected chi connectivity index (χ4v) is 2.74. The lowest BCUT2D eigenvalue weighted by Crippen LogP contribution is -2.38. The van der Waals surface area contributed by atoms with Crippen LogP contribution in [0.5, 0.6) is 0 Å². The zero-order valence-electron chi connectivity index (χ0n) is 14.1. The number of nitrogens with zero attached hydrogens (tertiary/aromatic N) is 3. The quantitative estimate of drug-likeness (QED) is 0.856. The summed E-state index contributed by atoms with van der Waals surface area (Å²) in [4.78, 5) is 20.1. The fourth-order valence-electron chi connectivity index (χ4n) is 2.74. The molecule has 0 saturated carbocycles. The van der Waals surface area contributed by atoms with Crippen molar-refractivity contribution in [3.63, 3.8) is 0 Å². The van der Waals surface area contributed by atoms with Gasteiger partial charge in [-0.3, -0.25) is 4.79 Å². The Morgan fingerprint density at radius 1 is 1.41 bits per heavy atom. The second-order valence-corrected chi connectivity index (χ2v) is 5.91. The molecule has 138 valence electrons. The summed E-state index contributed by atoms with van der Waals surface area (Å²) >= 11 is 0. The van der Waals surface area contributed by atoms with E-state index in [0.717, 1.165) is 6.07 Å². The van der Waals surface area contributed by atoms with E-state index in [1.165, 1.54) is 30.5 Å². The van der Waals surface area contributed by atoms with Crippen LogP contribution in [-0.2, 0) is 10.3 Å². The number of pyridine rings is 1. The number of nitriles is 1. The third-order valence-electron chi connectivity index (χ3n) is 4.16. The minimum atomic E-state index is -1.50. The van der Waals surface area contributed by atoms with Crippen LogP contribution in [0.4, 0.5) is 14.5 Å². The van der Waals surface area contributed by atoms with Crippen molar-refractivity contribution in [3.05, 3.63) is 59.2 Å². The maximum atomic E-state index is 14.4. The number of hydrogen-bond donors (Lipinski definition) is 2. The fraction of sp³-hybridized carbons (Fsp3) is 0.222. The molecular formula is C18H15F2N5O2. The summed E-state index contributed by atoms with van der Waals surface area (Å²) in [6.45, 7) is -0.868. The maximum absolute atomic E-state index is 14.4. The van der Waals surface area contributed by atoms with Crippen molar-refractivity contribution in [1.82, 2.24) is 4.98 Å². The molecule has 27 heavy (non-hydrogen) atoms. The number of amidine groups is 1. The van der Waals surface area contributed by atoms with Crippen molar-refractivity contribution in [2.75, 3.05) is 18.6 Å². The molecule has 0 aliphatic carbocycles. The molecular weight excluding hydrogens is 356 g/mol. The van der Waals surface area contributed by atoms with Crippen molar-refractivity contribution in [1.29, 1.82) is 5.26 Å². The van der Waals surface area contributed by atoms with Crippen molar-refractivity contribution < 1.29 is 18.3 Å². The van der Waals surface area contributed by atoms with E-state index < -0.39 is 23.9 Å². The zero-order chi connectivity index (χ0) is 19.4. The first kappa shape index (κ1) is 18.3. The van der Waals surface area contributed by atoms with E-state index in [1.807, 2.05) is 6.07 Å². The number of amides is 1. The van der Waals surface area contributed by atoms with Gasteiger partial charge in [-0.05, 0) is 30.3 Å². The first-order valence-electron chi connectivity index (χ1n) is 7.99. The summed E-state index contributed by atoms with van der Waals surface area (Å²) in [5, 5.41) is 11.3. The molecule has 2 heterocycles. The molecule has 0 bridgehead atoms. The third kappa shape index (κ3) is 3.69. The molecule has 0 radical (unpaired) electrons. The van der Waals surface area contributed by atoms with Gasteiger partial charge < -0.3 is 15.8 Å². The van der Waals surface area contributed by atoms with Gasteiger partial charge in [0, 0.05) is 23.9 Å². The monoisotopic (exact) mass is 371 g/mol. The maximum Gasteiger partial charge on any atom is 0.282 e. The number of hydrogen-bond acceptors (Lipinski definition) is 6. The van der Waals surface area contributed by atoms with Gasteiger partial charge in [0.05, 0.1) is 12.2 Å². The van der Waals surface area contributed by atoms with E-state index in [9.17, 15) is 13.6 Å². The highest BCUT2D eigenvalue weighted by Crippen LogP contribution is 2.36. The van der Waals surface area contributed by atoms with Gasteiger partial charge in [-0.25, -0.2) is 18.8 Å². The van der Waals surface area contributed by atoms with Crippen LogP contribution in [0.15, 0.2) is 41.5 Å². The van der Waals surface area contributed by atoms with E-state index in [1.54, 1.807) is 0 Å². The molecule has 7 nitrogen and oxygen atoms in total. The summed E-state index contributed by atoms with van der Waals surface area (Å²) in [6.07, 6.45) is 1.37. The van der Waals surface area contributed by atoms with E-state index >= 15 is 0 Å². The number of aromatic nitrogens is 1. The molecule has 0 spiro atoms. The smallest absolute Gasteiger partial charge is 0.282 e. The zero-order valence-corrected chi connectivity index (χ0v) is 14.1. The van der Waals surface area contributed by atoms with Crippen LogP contribution < -0.4 is 11.1 Å². The van der Waals surface area contributed by atoms with Gasteiger partial charge in [0.1, 0.15) is 29.8 Å². The lowest BCUT2D eigenvalue weighted by atomic mass is 9.87. The average molecular weight is 371 g/mol.